The number of hydrogen-bond acceptors (Lipinski definition) is 3. The standard InChI is InChI=1S/C16H19N3O/c17-16(19-20)11-15(14-9-5-2-6-10-14)18-12-13-7-3-1-4-8-13/h1-10,15,18,20H,11-12H2,(H2,17,19). The molecule has 0 aromatic heterocycles. The van der Waals surface area contributed by atoms with Gasteiger partial charge in [0.1, 0.15) is 5.84 Å². The Labute approximate surface area is 118 Å². The van der Waals surface area contributed by atoms with Crippen molar-refractivity contribution in [2.75, 3.05) is 0 Å². The molecule has 0 bridgehead atoms. The molecular formula is C16H19N3O. The third-order valence-electron chi connectivity index (χ3n) is 3.14. The molecule has 0 aliphatic heterocycles. The number of hydrogen-bond donors (Lipinski definition) is 3. The molecule has 20 heavy (non-hydrogen) atoms. The smallest absolute Gasteiger partial charge is 0.141 e. The van der Waals surface area contributed by atoms with Gasteiger partial charge in [-0.25, -0.2) is 0 Å². The van der Waals surface area contributed by atoms with E-state index in [9.17, 15) is 0 Å². The van der Waals surface area contributed by atoms with Crippen molar-refractivity contribution < 1.29 is 5.21 Å². The van der Waals surface area contributed by atoms with Gasteiger partial charge in [-0.1, -0.05) is 65.8 Å². The highest BCUT2D eigenvalue weighted by atomic mass is 16.4. The summed E-state index contributed by atoms with van der Waals surface area (Å²) in [7, 11) is 0. The lowest BCUT2D eigenvalue weighted by Crippen LogP contribution is -2.26. The number of oxime groups is 1. The van der Waals surface area contributed by atoms with Crippen LogP contribution in [-0.2, 0) is 6.54 Å². The van der Waals surface area contributed by atoms with Crippen molar-refractivity contribution >= 4 is 5.84 Å². The summed E-state index contributed by atoms with van der Waals surface area (Å²) in [4.78, 5) is 0. The van der Waals surface area contributed by atoms with Crippen molar-refractivity contribution in [1.82, 2.24) is 5.32 Å². The highest BCUT2D eigenvalue weighted by Gasteiger charge is 2.12. The van der Waals surface area contributed by atoms with Crippen LogP contribution in [0, 0.1) is 0 Å². The zero-order valence-corrected chi connectivity index (χ0v) is 11.2. The summed E-state index contributed by atoms with van der Waals surface area (Å²) in [6, 6.07) is 20.2. The van der Waals surface area contributed by atoms with Gasteiger partial charge in [0.05, 0.1) is 0 Å². The molecule has 0 aliphatic rings. The maximum Gasteiger partial charge on any atom is 0.141 e. The zero-order valence-electron chi connectivity index (χ0n) is 11.2. The first-order chi connectivity index (χ1) is 9.79. The van der Waals surface area contributed by atoms with E-state index in [4.69, 9.17) is 10.9 Å². The molecule has 4 heteroatoms. The van der Waals surface area contributed by atoms with Crippen molar-refractivity contribution in [2.45, 2.75) is 19.0 Å². The summed E-state index contributed by atoms with van der Waals surface area (Å²) in [5.41, 5.74) is 7.96. The van der Waals surface area contributed by atoms with E-state index in [1.54, 1.807) is 0 Å². The number of nitrogens with one attached hydrogen (secondary N) is 1. The molecule has 104 valence electrons. The van der Waals surface area contributed by atoms with Crippen LogP contribution >= 0.6 is 0 Å². The molecule has 2 aromatic carbocycles. The molecule has 2 aromatic rings. The van der Waals surface area contributed by atoms with Crippen molar-refractivity contribution in [3.05, 3.63) is 71.8 Å². The molecule has 4 nitrogen and oxygen atoms in total. The van der Waals surface area contributed by atoms with Crippen LogP contribution in [0.1, 0.15) is 23.6 Å². The van der Waals surface area contributed by atoms with Crippen molar-refractivity contribution in [3.8, 4) is 0 Å². The fourth-order valence-electron chi connectivity index (χ4n) is 2.08. The minimum Gasteiger partial charge on any atom is -0.409 e. The first-order valence-electron chi connectivity index (χ1n) is 6.58. The van der Waals surface area contributed by atoms with Gasteiger partial charge in [-0.05, 0) is 11.1 Å². The molecule has 2 rings (SSSR count). The van der Waals surface area contributed by atoms with Crippen LogP contribution in [0.5, 0.6) is 0 Å². The molecule has 0 saturated carbocycles. The van der Waals surface area contributed by atoms with Crippen LogP contribution < -0.4 is 11.1 Å². The fourth-order valence-corrected chi connectivity index (χ4v) is 2.08. The third-order valence-corrected chi connectivity index (χ3v) is 3.14. The number of amidine groups is 1. The second kappa shape index (κ2) is 7.31. The Morgan fingerprint density at radius 3 is 2.25 bits per heavy atom. The van der Waals surface area contributed by atoms with E-state index >= 15 is 0 Å². The van der Waals surface area contributed by atoms with E-state index in [-0.39, 0.29) is 11.9 Å². The Bertz CT molecular complexity index is 540. The van der Waals surface area contributed by atoms with Crippen LogP contribution in [0.2, 0.25) is 0 Å². The van der Waals surface area contributed by atoms with Gasteiger partial charge in [0.15, 0.2) is 0 Å². The van der Waals surface area contributed by atoms with E-state index < -0.39 is 0 Å². The number of rotatable bonds is 6. The molecule has 0 aliphatic carbocycles. The van der Waals surface area contributed by atoms with Crippen LogP contribution in [0.15, 0.2) is 65.8 Å². The van der Waals surface area contributed by atoms with Gasteiger partial charge in [-0.3, -0.25) is 0 Å². The lowest BCUT2D eigenvalue weighted by atomic mass is 10.0. The molecule has 1 atom stereocenters. The summed E-state index contributed by atoms with van der Waals surface area (Å²) in [5.74, 6) is 0.222. The summed E-state index contributed by atoms with van der Waals surface area (Å²) in [6.45, 7) is 0.735. The van der Waals surface area contributed by atoms with Crippen molar-refractivity contribution in [1.29, 1.82) is 0 Å². The Hall–Kier alpha value is -2.33. The number of benzene rings is 2. The van der Waals surface area contributed by atoms with Gasteiger partial charge in [0, 0.05) is 19.0 Å². The minimum atomic E-state index is 0.0207. The second-order valence-electron chi connectivity index (χ2n) is 4.63. The Kier molecular flexibility index (Phi) is 5.15. The van der Waals surface area contributed by atoms with Crippen LogP contribution in [0.4, 0.5) is 0 Å². The van der Waals surface area contributed by atoms with Gasteiger partial charge in [0.2, 0.25) is 0 Å². The molecule has 4 N–H and O–H groups in total. The molecule has 0 spiro atoms. The maximum atomic E-state index is 8.75. The van der Waals surface area contributed by atoms with E-state index in [0.717, 1.165) is 12.1 Å². The summed E-state index contributed by atoms with van der Waals surface area (Å²) in [5, 5.41) is 15.3. The van der Waals surface area contributed by atoms with Crippen molar-refractivity contribution in [3.63, 3.8) is 0 Å². The Morgan fingerprint density at radius 2 is 1.65 bits per heavy atom. The van der Waals surface area contributed by atoms with E-state index in [0.29, 0.717) is 6.42 Å². The average molecular weight is 269 g/mol. The van der Waals surface area contributed by atoms with Gasteiger partial charge in [0.25, 0.3) is 0 Å². The lowest BCUT2D eigenvalue weighted by Gasteiger charge is -2.18. The quantitative estimate of drug-likeness (QED) is 0.327. The summed E-state index contributed by atoms with van der Waals surface area (Å²) >= 11 is 0. The van der Waals surface area contributed by atoms with Gasteiger partial charge in [-0.15, -0.1) is 0 Å². The SMILES string of the molecule is NC(CC(NCc1ccccc1)c1ccccc1)=NO. The molecular weight excluding hydrogens is 250 g/mol. The topological polar surface area (TPSA) is 70.6 Å². The highest BCUT2D eigenvalue weighted by Crippen LogP contribution is 2.17. The minimum absolute atomic E-state index is 0.0207. The van der Waals surface area contributed by atoms with Crippen LogP contribution in [0.25, 0.3) is 0 Å². The summed E-state index contributed by atoms with van der Waals surface area (Å²) in [6.07, 6.45) is 0.466. The zero-order chi connectivity index (χ0) is 14.2. The predicted molar refractivity (Wildman–Crippen MR) is 80.5 cm³/mol. The maximum absolute atomic E-state index is 8.75. The number of nitrogens with two attached hydrogens (primary N) is 1. The van der Waals surface area contributed by atoms with Gasteiger partial charge < -0.3 is 16.3 Å². The monoisotopic (exact) mass is 269 g/mol. The molecule has 0 fully saturated rings. The first-order valence-corrected chi connectivity index (χ1v) is 6.58. The number of nitrogens with zero attached hydrogens (tertiary/aromatic N) is 1. The summed E-state index contributed by atoms with van der Waals surface area (Å²) < 4.78 is 0. The fraction of sp³-hybridized carbons (Fsp3) is 0.188. The van der Waals surface area contributed by atoms with Crippen molar-refractivity contribution in [2.24, 2.45) is 10.9 Å². The van der Waals surface area contributed by atoms with E-state index in [1.165, 1.54) is 5.56 Å². The molecule has 1 unspecified atom stereocenters. The van der Waals surface area contributed by atoms with Crippen LogP contribution in [0.3, 0.4) is 0 Å². The first kappa shape index (κ1) is 14.1. The van der Waals surface area contributed by atoms with E-state index in [2.05, 4.69) is 22.6 Å². The molecule has 0 amide bonds. The highest BCUT2D eigenvalue weighted by molar-refractivity contribution is 5.80. The van der Waals surface area contributed by atoms with Crippen LogP contribution in [-0.4, -0.2) is 11.0 Å². The Morgan fingerprint density at radius 1 is 1.05 bits per heavy atom. The second-order valence-corrected chi connectivity index (χ2v) is 4.63. The predicted octanol–water partition coefficient (Wildman–Crippen LogP) is 2.65. The van der Waals surface area contributed by atoms with E-state index in [1.807, 2.05) is 48.5 Å². The Balaban J connectivity index is 2.07. The normalized spacial score (nSPS) is 13.1. The lowest BCUT2D eigenvalue weighted by molar-refractivity contribution is 0.315. The molecule has 0 saturated heterocycles. The molecule has 0 heterocycles. The largest absolute Gasteiger partial charge is 0.409 e. The third kappa shape index (κ3) is 4.10. The molecule has 0 radical (unpaired) electrons. The van der Waals surface area contributed by atoms with Gasteiger partial charge in [-0.2, -0.15) is 0 Å². The van der Waals surface area contributed by atoms with Gasteiger partial charge >= 0.3 is 0 Å². The average Bonchev–Trinajstić information content (AvgIpc) is 2.53.